The normalized spacial score (nSPS) is 18.7. The van der Waals surface area contributed by atoms with Crippen LogP contribution in [0.15, 0.2) is 22.7 Å². The van der Waals surface area contributed by atoms with Crippen molar-refractivity contribution in [3.05, 3.63) is 28.2 Å². The third kappa shape index (κ3) is 3.04. The average molecular weight is 327 g/mol. The average Bonchev–Trinajstić information content (AvgIpc) is 2.28. The second-order valence-electron chi connectivity index (χ2n) is 5.68. The first-order chi connectivity index (χ1) is 8.39. The smallest absolute Gasteiger partial charge is 0.106 e. The van der Waals surface area contributed by atoms with E-state index in [1.807, 2.05) is 12.1 Å². The highest BCUT2D eigenvalue weighted by Gasteiger charge is 2.26. The summed E-state index contributed by atoms with van der Waals surface area (Å²) < 4.78 is 1.07. The van der Waals surface area contributed by atoms with Gasteiger partial charge in [-0.25, -0.2) is 0 Å². The molecule has 2 rings (SSSR count). The summed E-state index contributed by atoms with van der Waals surface area (Å²) in [5.41, 5.74) is 8.40. The van der Waals surface area contributed by atoms with Gasteiger partial charge in [-0.15, -0.1) is 0 Å². The zero-order valence-corrected chi connectivity index (χ0v) is 13.3. The van der Waals surface area contributed by atoms with Gasteiger partial charge in [0.25, 0.3) is 0 Å². The molecular weight excluding hydrogens is 308 g/mol. The van der Waals surface area contributed by atoms with Crippen LogP contribution in [-0.4, -0.2) is 18.1 Å². The number of hydrogen-bond acceptors (Lipinski definition) is 2. The number of nitrogens with two attached hydrogens (primary N) is 1. The van der Waals surface area contributed by atoms with Crippen molar-refractivity contribution < 1.29 is 0 Å². The Hall–Kier alpha value is -0.610. The molecule has 0 aliphatic carbocycles. The summed E-state index contributed by atoms with van der Waals surface area (Å²) in [5, 5.41) is 0. The van der Waals surface area contributed by atoms with Gasteiger partial charge in [-0.1, -0.05) is 42.0 Å². The number of halogens is 1. The number of nitrogens with zero attached hydrogens (tertiary/aromatic N) is 1. The molecule has 0 amide bonds. The second-order valence-corrected chi connectivity index (χ2v) is 7.03. The van der Waals surface area contributed by atoms with Crippen LogP contribution in [0.3, 0.4) is 0 Å². The van der Waals surface area contributed by atoms with Crippen molar-refractivity contribution in [3.8, 4) is 0 Å². The lowest BCUT2D eigenvalue weighted by Crippen LogP contribution is -2.38. The predicted octanol–water partition coefficient (Wildman–Crippen LogP) is 3.71. The zero-order valence-electron chi connectivity index (χ0n) is 10.9. The molecule has 0 atom stereocenters. The topological polar surface area (TPSA) is 29.3 Å². The number of thiocarbonyl (C=S) groups is 1. The van der Waals surface area contributed by atoms with Crippen molar-refractivity contribution in [1.82, 2.24) is 0 Å². The fourth-order valence-corrected chi connectivity index (χ4v) is 2.85. The molecular formula is C14H19BrN2S. The molecule has 1 aliphatic heterocycles. The van der Waals surface area contributed by atoms with Crippen LogP contribution in [0, 0.1) is 5.41 Å². The molecule has 98 valence electrons. The summed E-state index contributed by atoms with van der Waals surface area (Å²) >= 11 is 8.67. The van der Waals surface area contributed by atoms with Crippen molar-refractivity contribution in [2.75, 3.05) is 18.0 Å². The van der Waals surface area contributed by atoms with E-state index < -0.39 is 0 Å². The van der Waals surface area contributed by atoms with Gasteiger partial charge in [0.2, 0.25) is 0 Å². The largest absolute Gasteiger partial charge is 0.389 e. The minimum Gasteiger partial charge on any atom is -0.389 e. The third-order valence-electron chi connectivity index (χ3n) is 3.68. The van der Waals surface area contributed by atoms with E-state index in [4.69, 9.17) is 18.0 Å². The van der Waals surface area contributed by atoms with Crippen LogP contribution in [-0.2, 0) is 0 Å². The van der Waals surface area contributed by atoms with Crippen LogP contribution in [0.2, 0.25) is 0 Å². The van der Waals surface area contributed by atoms with Crippen LogP contribution in [0.5, 0.6) is 0 Å². The van der Waals surface area contributed by atoms with Crippen LogP contribution in [0.4, 0.5) is 5.69 Å². The first-order valence-electron chi connectivity index (χ1n) is 6.23. The lowest BCUT2D eigenvalue weighted by Gasteiger charge is -2.39. The standard InChI is InChI=1S/C14H19BrN2S/c1-14(2)5-7-17(8-6-14)12-9-10(15)3-4-11(12)13(16)18/h3-4,9H,5-8H2,1-2H3,(H2,16,18). The van der Waals surface area contributed by atoms with Gasteiger partial charge in [0.1, 0.15) is 4.99 Å². The highest BCUT2D eigenvalue weighted by Crippen LogP contribution is 2.34. The summed E-state index contributed by atoms with van der Waals surface area (Å²) in [5.74, 6) is 0. The first kappa shape index (κ1) is 13.8. The molecule has 1 heterocycles. The second kappa shape index (κ2) is 5.17. The Balaban J connectivity index is 2.28. The number of rotatable bonds is 2. The molecule has 0 radical (unpaired) electrons. The quantitative estimate of drug-likeness (QED) is 0.840. The van der Waals surface area contributed by atoms with Gasteiger partial charge in [0.15, 0.2) is 0 Å². The first-order valence-corrected chi connectivity index (χ1v) is 7.43. The van der Waals surface area contributed by atoms with E-state index in [2.05, 4.69) is 40.7 Å². The zero-order chi connectivity index (χ0) is 13.3. The molecule has 0 saturated carbocycles. The van der Waals surface area contributed by atoms with Gasteiger partial charge in [-0.05, 0) is 36.5 Å². The summed E-state index contributed by atoms with van der Waals surface area (Å²) in [6, 6.07) is 6.11. The maximum Gasteiger partial charge on any atom is 0.106 e. The lowest BCUT2D eigenvalue weighted by molar-refractivity contribution is 0.280. The Kier molecular flexibility index (Phi) is 3.97. The van der Waals surface area contributed by atoms with E-state index >= 15 is 0 Å². The molecule has 1 aromatic carbocycles. The van der Waals surface area contributed by atoms with Crippen molar-refractivity contribution in [2.24, 2.45) is 11.1 Å². The van der Waals surface area contributed by atoms with Gasteiger partial charge >= 0.3 is 0 Å². The molecule has 0 unspecified atom stereocenters. The number of hydrogen-bond donors (Lipinski definition) is 1. The van der Waals surface area contributed by atoms with Gasteiger partial charge in [-0.2, -0.15) is 0 Å². The van der Waals surface area contributed by atoms with Crippen LogP contribution >= 0.6 is 28.1 Å². The molecule has 1 aromatic rings. The van der Waals surface area contributed by atoms with Gasteiger partial charge in [-0.3, -0.25) is 0 Å². The van der Waals surface area contributed by atoms with E-state index in [1.165, 1.54) is 12.8 Å². The van der Waals surface area contributed by atoms with Crippen LogP contribution < -0.4 is 10.6 Å². The molecule has 4 heteroatoms. The molecule has 0 bridgehead atoms. The van der Waals surface area contributed by atoms with E-state index in [0.717, 1.165) is 28.8 Å². The van der Waals surface area contributed by atoms with E-state index in [1.54, 1.807) is 0 Å². The maximum absolute atomic E-state index is 5.81. The molecule has 1 fully saturated rings. The predicted molar refractivity (Wildman–Crippen MR) is 85.3 cm³/mol. The molecule has 0 aromatic heterocycles. The van der Waals surface area contributed by atoms with Gasteiger partial charge < -0.3 is 10.6 Å². The monoisotopic (exact) mass is 326 g/mol. The Bertz CT molecular complexity index is 461. The Morgan fingerprint density at radius 3 is 2.50 bits per heavy atom. The highest BCUT2D eigenvalue weighted by atomic mass is 79.9. The van der Waals surface area contributed by atoms with Gasteiger partial charge in [0.05, 0.1) is 0 Å². The van der Waals surface area contributed by atoms with Crippen molar-refractivity contribution >= 4 is 38.8 Å². The minimum absolute atomic E-state index is 0.450. The number of benzene rings is 1. The number of anilines is 1. The summed E-state index contributed by atoms with van der Waals surface area (Å²) in [6.45, 7) is 6.80. The fraction of sp³-hybridized carbons (Fsp3) is 0.500. The summed E-state index contributed by atoms with van der Waals surface area (Å²) in [7, 11) is 0. The lowest BCUT2D eigenvalue weighted by atomic mass is 9.82. The molecule has 1 saturated heterocycles. The van der Waals surface area contributed by atoms with Crippen molar-refractivity contribution in [1.29, 1.82) is 0 Å². The summed E-state index contributed by atoms with van der Waals surface area (Å²) in [4.78, 5) is 2.87. The highest BCUT2D eigenvalue weighted by molar-refractivity contribution is 9.10. The molecule has 18 heavy (non-hydrogen) atoms. The Labute approximate surface area is 123 Å². The van der Waals surface area contributed by atoms with Gasteiger partial charge in [0, 0.05) is 28.8 Å². The van der Waals surface area contributed by atoms with Crippen molar-refractivity contribution in [2.45, 2.75) is 26.7 Å². The van der Waals surface area contributed by atoms with E-state index in [9.17, 15) is 0 Å². The number of piperidine rings is 1. The molecule has 2 N–H and O–H groups in total. The molecule has 1 aliphatic rings. The minimum atomic E-state index is 0.450. The Morgan fingerprint density at radius 2 is 1.94 bits per heavy atom. The maximum atomic E-state index is 5.81. The molecule has 0 spiro atoms. The summed E-state index contributed by atoms with van der Waals surface area (Å²) in [6.07, 6.45) is 2.41. The van der Waals surface area contributed by atoms with Crippen LogP contribution in [0.1, 0.15) is 32.3 Å². The van der Waals surface area contributed by atoms with Crippen molar-refractivity contribution in [3.63, 3.8) is 0 Å². The molecule has 2 nitrogen and oxygen atoms in total. The van der Waals surface area contributed by atoms with Crippen LogP contribution in [0.25, 0.3) is 0 Å². The SMILES string of the molecule is CC1(C)CCN(c2cc(Br)ccc2C(N)=S)CC1. The Morgan fingerprint density at radius 1 is 1.33 bits per heavy atom. The van der Waals surface area contributed by atoms with E-state index in [0.29, 0.717) is 10.4 Å². The van der Waals surface area contributed by atoms with E-state index in [-0.39, 0.29) is 0 Å². The third-order valence-corrected chi connectivity index (χ3v) is 4.40. The fourth-order valence-electron chi connectivity index (χ4n) is 2.33.